The van der Waals surface area contributed by atoms with Crippen molar-refractivity contribution in [3.63, 3.8) is 0 Å². The Kier molecular flexibility index (Phi) is 5.14. The van der Waals surface area contributed by atoms with Crippen molar-refractivity contribution in [2.24, 2.45) is 10.9 Å². The van der Waals surface area contributed by atoms with Crippen molar-refractivity contribution >= 4 is 25.1 Å². The number of rotatable bonds is 5. The largest absolute Gasteiger partial charge is 0.352 e. The lowest BCUT2D eigenvalue weighted by Gasteiger charge is -2.21. The zero-order valence-corrected chi connectivity index (χ0v) is 16.3. The van der Waals surface area contributed by atoms with Crippen LogP contribution in [0.4, 0.5) is 0 Å². The van der Waals surface area contributed by atoms with E-state index < -0.39 is 0 Å². The van der Waals surface area contributed by atoms with Crippen molar-refractivity contribution in [3.05, 3.63) is 40.9 Å². The number of carbonyl (C=O) groups excluding carboxylic acids is 1. The molecule has 1 aliphatic carbocycles. The van der Waals surface area contributed by atoms with E-state index in [1.165, 1.54) is 5.31 Å². The summed E-state index contributed by atoms with van der Waals surface area (Å²) in [5, 5.41) is 4.17. The van der Waals surface area contributed by atoms with Crippen molar-refractivity contribution in [1.82, 2.24) is 15.3 Å². The predicted molar refractivity (Wildman–Crippen MR) is 105 cm³/mol. The molecule has 0 saturated heterocycles. The third-order valence-electron chi connectivity index (χ3n) is 4.75. The quantitative estimate of drug-likeness (QED) is 0.648. The zero-order valence-electron chi connectivity index (χ0n) is 15.4. The van der Waals surface area contributed by atoms with E-state index in [1.54, 1.807) is 6.20 Å². The van der Waals surface area contributed by atoms with Crippen LogP contribution in [0.25, 0.3) is 5.57 Å². The Morgan fingerprint density at radius 3 is 2.68 bits per heavy atom. The first-order valence-electron chi connectivity index (χ1n) is 8.67. The van der Waals surface area contributed by atoms with Crippen molar-refractivity contribution in [2.45, 2.75) is 33.1 Å². The highest BCUT2D eigenvalue weighted by Crippen LogP contribution is 2.45. The molecule has 0 aromatic carbocycles. The first kappa shape index (κ1) is 17.9. The summed E-state index contributed by atoms with van der Waals surface area (Å²) < 4.78 is 0. The van der Waals surface area contributed by atoms with E-state index in [1.807, 2.05) is 6.92 Å². The highest BCUT2D eigenvalue weighted by Gasteiger charge is 2.33. The number of aryl methyl sites for hydroxylation is 1. The summed E-state index contributed by atoms with van der Waals surface area (Å²) in [5.41, 5.74) is 4.35. The zero-order chi connectivity index (χ0) is 18.1. The third-order valence-corrected chi connectivity index (χ3v) is 6.31. The van der Waals surface area contributed by atoms with Gasteiger partial charge in [0.2, 0.25) is 0 Å². The molecule has 3 rings (SSSR count). The van der Waals surface area contributed by atoms with Crippen LogP contribution in [0.2, 0.25) is 0 Å². The van der Waals surface area contributed by atoms with E-state index >= 15 is 0 Å². The molecular weight excluding hydrogens is 331 g/mol. The number of hydrogen-bond acceptors (Lipinski definition) is 4. The summed E-state index contributed by atoms with van der Waals surface area (Å²) >= 11 is 0. The first-order valence-corrected chi connectivity index (χ1v) is 10.9. The standard InChI is InChI=1S/C19H25N4OP/c1-6-20-17(13-7-8-13)16(12(3)25(4)5)18-22-11(2)15-14(23-18)9-10-21-19(15)24/h6,13H,1,7-10H2,2-5H3,(H,21,24)/b16-12-,20-17?. The van der Waals surface area contributed by atoms with Gasteiger partial charge in [-0.2, -0.15) is 0 Å². The Morgan fingerprint density at radius 2 is 2.08 bits per heavy atom. The highest BCUT2D eigenvalue weighted by molar-refractivity contribution is 7.60. The minimum absolute atomic E-state index is 0.0667. The van der Waals surface area contributed by atoms with Crippen LogP contribution in [0, 0.1) is 12.8 Å². The molecule has 1 fully saturated rings. The third kappa shape index (κ3) is 3.57. The van der Waals surface area contributed by atoms with Crippen LogP contribution in [0.3, 0.4) is 0 Å². The van der Waals surface area contributed by atoms with Crippen molar-refractivity contribution in [3.8, 4) is 0 Å². The van der Waals surface area contributed by atoms with Gasteiger partial charge in [-0.25, -0.2) is 9.97 Å². The number of nitrogens with zero attached hydrogens (tertiary/aromatic N) is 3. The molecule has 1 saturated carbocycles. The van der Waals surface area contributed by atoms with Crippen molar-refractivity contribution in [1.29, 1.82) is 0 Å². The van der Waals surface area contributed by atoms with E-state index in [0.717, 1.165) is 41.9 Å². The molecule has 1 aromatic heterocycles. The molecule has 0 atom stereocenters. The SMILES string of the molecule is C=CN=C(/C(=C(\C)P(C)C)c1nc(C)c2c(n1)CCNC2=O)C1CC1. The summed E-state index contributed by atoms with van der Waals surface area (Å²) in [7, 11) is -0.289. The normalized spacial score (nSPS) is 18.6. The topological polar surface area (TPSA) is 67.2 Å². The molecule has 0 unspecified atom stereocenters. The minimum Gasteiger partial charge on any atom is -0.352 e. The fourth-order valence-electron chi connectivity index (χ4n) is 3.12. The molecule has 0 spiro atoms. The molecule has 132 valence electrons. The smallest absolute Gasteiger partial charge is 0.254 e. The van der Waals surface area contributed by atoms with E-state index in [-0.39, 0.29) is 13.8 Å². The second-order valence-electron chi connectivity index (χ2n) is 6.79. The Bertz CT molecular complexity index is 791. The summed E-state index contributed by atoms with van der Waals surface area (Å²) in [6.45, 7) is 12.9. The number of hydrogen-bond donors (Lipinski definition) is 1. The van der Waals surface area contributed by atoms with Gasteiger partial charge in [0.1, 0.15) is 0 Å². The number of carbonyl (C=O) groups is 1. The maximum absolute atomic E-state index is 12.1. The van der Waals surface area contributed by atoms with Gasteiger partial charge < -0.3 is 5.32 Å². The lowest BCUT2D eigenvalue weighted by atomic mass is 10.0. The van der Waals surface area contributed by atoms with Gasteiger partial charge in [-0.3, -0.25) is 9.79 Å². The molecule has 0 bridgehead atoms. The van der Waals surface area contributed by atoms with Crippen molar-refractivity contribution in [2.75, 3.05) is 19.9 Å². The van der Waals surface area contributed by atoms with Gasteiger partial charge in [0.25, 0.3) is 5.91 Å². The monoisotopic (exact) mass is 356 g/mol. The molecular formula is C19H25N4OP. The number of aliphatic imine (C=N–C) groups is 1. The molecule has 2 aliphatic rings. The van der Waals surface area contributed by atoms with Gasteiger partial charge in [0.05, 0.1) is 22.7 Å². The lowest BCUT2D eigenvalue weighted by Crippen LogP contribution is -2.34. The van der Waals surface area contributed by atoms with Gasteiger partial charge in [0, 0.05) is 30.7 Å². The number of fused-ring (bicyclic) bond motifs is 1. The van der Waals surface area contributed by atoms with Crippen LogP contribution in [-0.4, -0.2) is 41.5 Å². The molecule has 1 aliphatic heterocycles. The molecule has 1 N–H and O–H groups in total. The molecule has 1 amide bonds. The fourth-order valence-corrected chi connectivity index (χ4v) is 3.78. The maximum atomic E-state index is 12.1. The highest BCUT2D eigenvalue weighted by atomic mass is 31.1. The Morgan fingerprint density at radius 1 is 1.36 bits per heavy atom. The Hall–Kier alpha value is -1.87. The Balaban J connectivity index is 2.19. The number of amides is 1. The molecule has 25 heavy (non-hydrogen) atoms. The average Bonchev–Trinajstić information content (AvgIpc) is 3.38. The van der Waals surface area contributed by atoms with Crippen molar-refractivity contribution < 1.29 is 4.79 Å². The van der Waals surface area contributed by atoms with Crippen LogP contribution in [-0.2, 0) is 6.42 Å². The van der Waals surface area contributed by atoms with Crippen LogP contribution in [0.15, 0.2) is 23.1 Å². The van der Waals surface area contributed by atoms with E-state index in [2.05, 4.69) is 37.1 Å². The van der Waals surface area contributed by atoms with Crippen LogP contribution in [0.5, 0.6) is 0 Å². The predicted octanol–water partition coefficient (Wildman–Crippen LogP) is 3.54. The van der Waals surface area contributed by atoms with Gasteiger partial charge in [-0.1, -0.05) is 14.5 Å². The van der Waals surface area contributed by atoms with Gasteiger partial charge >= 0.3 is 0 Å². The second-order valence-corrected chi connectivity index (χ2v) is 9.25. The molecule has 6 heteroatoms. The number of allylic oxidation sites excluding steroid dienone is 2. The molecule has 1 aromatic rings. The molecule has 5 nitrogen and oxygen atoms in total. The van der Waals surface area contributed by atoms with Gasteiger partial charge in [-0.05, 0) is 45.3 Å². The van der Waals surface area contributed by atoms with Crippen LogP contribution >= 0.6 is 7.92 Å². The maximum Gasteiger partial charge on any atom is 0.254 e. The number of aromatic nitrogens is 2. The molecule has 2 heterocycles. The molecule has 0 radical (unpaired) electrons. The van der Waals surface area contributed by atoms with E-state index in [9.17, 15) is 4.79 Å². The summed E-state index contributed by atoms with van der Waals surface area (Å²) in [5.74, 6) is 1.12. The van der Waals surface area contributed by atoms with Crippen LogP contribution < -0.4 is 5.32 Å². The summed E-state index contributed by atoms with van der Waals surface area (Å²) in [4.78, 5) is 26.3. The fraction of sp³-hybridized carbons (Fsp3) is 0.474. The van der Waals surface area contributed by atoms with E-state index in [4.69, 9.17) is 9.97 Å². The minimum atomic E-state index is -0.289. The first-order chi connectivity index (χ1) is 11.9. The summed E-state index contributed by atoms with van der Waals surface area (Å²) in [6, 6.07) is 0. The summed E-state index contributed by atoms with van der Waals surface area (Å²) in [6.07, 6.45) is 4.67. The van der Waals surface area contributed by atoms with E-state index in [0.29, 0.717) is 23.9 Å². The number of nitrogens with one attached hydrogen (secondary N) is 1. The lowest BCUT2D eigenvalue weighted by molar-refractivity contribution is 0.0943. The van der Waals surface area contributed by atoms with Gasteiger partial charge in [0.15, 0.2) is 5.82 Å². The van der Waals surface area contributed by atoms with Gasteiger partial charge in [-0.15, -0.1) is 0 Å². The Labute approximate surface area is 150 Å². The average molecular weight is 356 g/mol. The van der Waals surface area contributed by atoms with Crippen LogP contribution in [0.1, 0.15) is 47.3 Å². The second kappa shape index (κ2) is 7.17.